The van der Waals surface area contributed by atoms with Crippen molar-refractivity contribution in [3.63, 3.8) is 0 Å². The molecule has 0 N–H and O–H groups in total. The number of ether oxygens (including phenoxy) is 1. The average Bonchev–Trinajstić information content (AvgIpc) is 2.76. The van der Waals surface area contributed by atoms with E-state index in [9.17, 15) is 8.78 Å². The summed E-state index contributed by atoms with van der Waals surface area (Å²) in [7, 11) is 0. The van der Waals surface area contributed by atoms with Crippen molar-refractivity contribution in [3.8, 4) is 5.75 Å². The highest BCUT2D eigenvalue weighted by molar-refractivity contribution is 5.86. The maximum atomic E-state index is 15.2. The van der Waals surface area contributed by atoms with E-state index in [2.05, 4.69) is 26.0 Å². The summed E-state index contributed by atoms with van der Waals surface area (Å²) in [5.74, 6) is 0.806. The van der Waals surface area contributed by atoms with Gasteiger partial charge in [0.1, 0.15) is 11.6 Å². The third-order valence-corrected chi connectivity index (χ3v) is 6.70. The molecule has 0 heterocycles. The van der Waals surface area contributed by atoms with Gasteiger partial charge in [0.25, 0.3) is 0 Å². The molecule has 0 spiro atoms. The number of fused-ring (bicyclic) bond motifs is 1. The van der Waals surface area contributed by atoms with Gasteiger partial charge in [0, 0.05) is 10.9 Å². The van der Waals surface area contributed by atoms with Gasteiger partial charge in [-0.2, -0.15) is 8.78 Å². The van der Waals surface area contributed by atoms with E-state index >= 15 is 4.39 Å². The van der Waals surface area contributed by atoms with Gasteiger partial charge in [-0.25, -0.2) is 4.39 Å². The largest absolute Gasteiger partial charge is 0.434 e. The summed E-state index contributed by atoms with van der Waals surface area (Å²) in [5.41, 5.74) is 1.45. The Morgan fingerprint density at radius 1 is 1.10 bits per heavy atom. The van der Waals surface area contributed by atoms with Crippen LogP contribution in [0.2, 0.25) is 0 Å². The van der Waals surface area contributed by atoms with Crippen LogP contribution in [-0.2, 0) is 6.42 Å². The zero-order valence-corrected chi connectivity index (χ0v) is 18.8. The van der Waals surface area contributed by atoms with Crippen molar-refractivity contribution in [1.29, 1.82) is 0 Å². The molecule has 0 aliphatic heterocycles. The maximum absolute atomic E-state index is 15.2. The lowest BCUT2D eigenvalue weighted by atomic mass is 9.77. The van der Waals surface area contributed by atoms with Gasteiger partial charge >= 0.3 is 6.61 Å². The number of rotatable bonds is 10. The summed E-state index contributed by atoms with van der Waals surface area (Å²) >= 11 is 0. The summed E-state index contributed by atoms with van der Waals surface area (Å²) in [4.78, 5) is 0. The van der Waals surface area contributed by atoms with Crippen molar-refractivity contribution in [2.24, 2.45) is 5.92 Å². The topological polar surface area (TPSA) is 9.23 Å². The van der Waals surface area contributed by atoms with Crippen LogP contribution < -0.4 is 4.74 Å². The molecule has 2 aromatic carbocycles. The summed E-state index contributed by atoms with van der Waals surface area (Å²) < 4.78 is 46.0. The zero-order valence-electron chi connectivity index (χ0n) is 18.8. The molecule has 3 rings (SSSR count). The quantitative estimate of drug-likeness (QED) is 0.269. The minimum absolute atomic E-state index is 0.0130. The first kappa shape index (κ1) is 23.7. The Labute approximate surface area is 184 Å². The molecule has 1 fully saturated rings. The molecule has 0 bridgehead atoms. The summed E-state index contributed by atoms with van der Waals surface area (Å²) in [6, 6.07) is 7.45. The number of hydrogen-bond donors (Lipinski definition) is 0. The lowest BCUT2D eigenvalue weighted by molar-refractivity contribution is -0.0505. The highest BCUT2D eigenvalue weighted by Crippen LogP contribution is 2.40. The van der Waals surface area contributed by atoms with E-state index in [-0.39, 0.29) is 11.3 Å². The van der Waals surface area contributed by atoms with Crippen molar-refractivity contribution in [3.05, 3.63) is 53.4 Å². The van der Waals surface area contributed by atoms with Crippen LogP contribution in [0, 0.1) is 11.7 Å². The number of unbranched alkanes of at least 4 members (excludes halogenated alkanes) is 2. The smallest absolute Gasteiger partial charge is 0.387 e. The lowest BCUT2D eigenvalue weighted by Crippen LogP contribution is -2.13. The predicted molar refractivity (Wildman–Crippen MR) is 123 cm³/mol. The molecule has 0 radical (unpaired) electrons. The van der Waals surface area contributed by atoms with E-state index in [0.717, 1.165) is 44.4 Å². The summed E-state index contributed by atoms with van der Waals surface area (Å²) in [5, 5.41) is 1.15. The van der Waals surface area contributed by atoms with Gasteiger partial charge in [0.2, 0.25) is 0 Å². The van der Waals surface area contributed by atoms with Crippen molar-refractivity contribution in [1.82, 2.24) is 0 Å². The molecule has 0 saturated heterocycles. The number of alkyl halides is 2. The minimum Gasteiger partial charge on any atom is -0.434 e. The Balaban J connectivity index is 1.80. The lowest BCUT2D eigenvalue weighted by Gasteiger charge is -2.29. The van der Waals surface area contributed by atoms with E-state index in [1.165, 1.54) is 24.8 Å². The first-order chi connectivity index (χ1) is 15.0. The molecule has 1 saturated carbocycles. The maximum Gasteiger partial charge on any atom is 0.387 e. The Morgan fingerprint density at radius 2 is 1.87 bits per heavy atom. The van der Waals surface area contributed by atoms with E-state index < -0.39 is 12.4 Å². The van der Waals surface area contributed by atoms with Gasteiger partial charge in [-0.05, 0) is 87.1 Å². The van der Waals surface area contributed by atoms with Gasteiger partial charge in [-0.3, -0.25) is 0 Å². The SMILES string of the molecule is C/C=C/CCC1CCC(c2ccc3c(F)c(CCCCC)c(OC(F)F)cc3c2)CC1. The molecule has 0 aromatic heterocycles. The van der Waals surface area contributed by atoms with E-state index in [1.807, 2.05) is 18.2 Å². The second kappa shape index (κ2) is 11.6. The molecule has 1 aliphatic rings. The van der Waals surface area contributed by atoms with Crippen molar-refractivity contribution < 1.29 is 17.9 Å². The Bertz CT molecular complexity index is 866. The average molecular weight is 433 g/mol. The summed E-state index contributed by atoms with van der Waals surface area (Å²) in [6.45, 7) is 1.17. The third kappa shape index (κ3) is 6.27. The number of allylic oxidation sites excluding steroid dienone is 2. The van der Waals surface area contributed by atoms with Crippen LogP contribution in [0.3, 0.4) is 0 Å². The second-order valence-electron chi connectivity index (χ2n) is 8.85. The standard InChI is InChI=1S/C27H35F3O/c1-3-5-7-9-19-11-13-20(14-12-19)21-15-16-23-22(17-21)18-25(31-27(29)30)24(26(23)28)10-8-6-4-2/h3,5,15-20,27H,4,6-14H2,1-2H3/b5-3+. The van der Waals surface area contributed by atoms with Crippen molar-refractivity contribution in [2.75, 3.05) is 0 Å². The Kier molecular flexibility index (Phi) is 8.86. The molecule has 0 atom stereocenters. The molecule has 1 aliphatic carbocycles. The number of hydrogen-bond acceptors (Lipinski definition) is 1. The monoisotopic (exact) mass is 432 g/mol. The van der Waals surface area contributed by atoms with E-state index in [0.29, 0.717) is 23.1 Å². The van der Waals surface area contributed by atoms with Crippen LogP contribution in [0.4, 0.5) is 13.2 Å². The van der Waals surface area contributed by atoms with Crippen LogP contribution >= 0.6 is 0 Å². The number of benzene rings is 2. The fourth-order valence-electron chi connectivity index (χ4n) is 4.92. The van der Waals surface area contributed by atoms with Gasteiger partial charge in [0.15, 0.2) is 0 Å². The minimum atomic E-state index is -2.96. The Hall–Kier alpha value is -1.97. The van der Waals surface area contributed by atoms with Crippen molar-refractivity contribution in [2.45, 2.75) is 90.6 Å². The van der Waals surface area contributed by atoms with Crippen molar-refractivity contribution >= 4 is 10.8 Å². The Morgan fingerprint density at radius 3 is 2.55 bits per heavy atom. The van der Waals surface area contributed by atoms with Crippen LogP contribution in [0.15, 0.2) is 36.4 Å². The van der Waals surface area contributed by atoms with Gasteiger partial charge in [-0.15, -0.1) is 0 Å². The predicted octanol–water partition coefficient (Wildman–Crippen LogP) is 8.94. The molecule has 2 aromatic rings. The van der Waals surface area contributed by atoms with Crippen LogP contribution in [-0.4, -0.2) is 6.61 Å². The fourth-order valence-corrected chi connectivity index (χ4v) is 4.92. The zero-order chi connectivity index (χ0) is 22.2. The van der Waals surface area contributed by atoms with Gasteiger partial charge in [0.05, 0.1) is 0 Å². The molecule has 31 heavy (non-hydrogen) atoms. The first-order valence-electron chi connectivity index (χ1n) is 11.8. The highest BCUT2D eigenvalue weighted by atomic mass is 19.3. The van der Waals surface area contributed by atoms with Crippen LogP contribution in [0.5, 0.6) is 5.75 Å². The molecule has 0 unspecified atom stereocenters. The molecular formula is C27H35F3O. The van der Waals surface area contributed by atoms with Gasteiger partial charge < -0.3 is 4.74 Å². The third-order valence-electron chi connectivity index (χ3n) is 6.70. The molecule has 0 amide bonds. The first-order valence-corrected chi connectivity index (χ1v) is 11.8. The molecule has 170 valence electrons. The normalized spacial score (nSPS) is 19.5. The van der Waals surface area contributed by atoms with E-state index in [1.54, 1.807) is 6.07 Å². The van der Waals surface area contributed by atoms with Gasteiger partial charge in [-0.1, -0.05) is 50.1 Å². The highest BCUT2D eigenvalue weighted by Gasteiger charge is 2.23. The number of halogens is 3. The van der Waals surface area contributed by atoms with Crippen LogP contribution in [0.25, 0.3) is 10.8 Å². The molecular weight excluding hydrogens is 397 g/mol. The molecule has 1 nitrogen and oxygen atoms in total. The fraction of sp³-hybridized carbons (Fsp3) is 0.556. The van der Waals surface area contributed by atoms with E-state index in [4.69, 9.17) is 4.74 Å². The molecule has 4 heteroatoms. The summed E-state index contributed by atoms with van der Waals surface area (Å²) in [6.07, 6.45) is 14.5. The van der Waals surface area contributed by atoms with Crippen LogP contribution in [0.1, 0.15) is 88.7 Å². The second-order valence-corrected chi connectivity index (χ2v) is 8.85.